The molecule has 0 radical (unpaired) electrons. The van der Waals surface area contributed by atoms with Crippen LogP contribution < -0.4 is 10.4 Å². The highest BCUT2D eigenvalue weighted by atomic mass is 35.5. The van der Waals surface area contributed by atoms with Crippen molar-refractivity contribution in [2.45, 2.75) is 27.4 Å². The molecule has 6 nitrogen and oxygen atoms in total. The van der Waals surface area contributed by atoms with Crippen molar-refractivity contribution in [2.75, 3.05) is 6.61 Å². The summed E-state index contributed by atoms with van der Waals surface area (Å²) >= 11 is 12.5. The van der Waals surface area contributed by atoms with Crippen molar-refractivity contribution < 1.29 is 18.7 Å². The molecule has 0 aliphatic rings. The predicted octanol–water partition coefficient (Wildman–Crippen LogP) is 5.70. The molecule has 8 heteroatoms. The van der Waals surface area contributed by atoms with Gasteiger partial charge in [0.05, 0.1) is 10.0 Å². The van der Waals surface area contributed by atoms with E-state index in [2.05, 4.69) is 4.98 Å². The Balaban J connectivity index is 1.52. The molecule has 0 unspecified atom stereocenters. The molecule has 0 saturated carbocycles. The Morgan fingerprint density at radius 1 is 1.03 bits per heavy atom. The molecule has 0 fully saturated rings. The lowest BCUT2D eigenvalue weighted by molar-refractivity contribution is -0.147. The summed E-state index contributed by atoms with van der Waals surface area (Å²) in [6.45, 7) is 5.15. The third kappa shape index (κ3) is 4.29. The van der Waals surface area contributed by atoms with Gasteiger partial charge in [-0.1, -0.05) is 35.3 Å². The van der Waals surface area contributed by atoms with E-state index in [9.17, 15) is 9.59 Å². The van der Waals surface area contributed by atoms with Crippen molar-refractivity contribution >= 4 is 51.0 Å². The number of aryl methyl sites for hydroxylation is 3. The molecule has 0 spiro atoms. The van der Waals surface area contributed by atoms with Crippen LogP contribution >= 0.6 is 23.2 Å². The Labute approximate surface area is 193 Å². The van der Waals surface area contributed by atoms with Crippen LogP contribution in [0.1, 0.15) is 22.4 Å². The summed E-state index contributed by atoms with van der Waals surface area (Å²) in [5, 5.41) is 2.06. The SMILES string of the molecule is Cc1ccc2c(Cl)cc(Cl)c(OCC(=O)OCc3cc(=O)oc4c(C)c(C)ccc34)c2n1. The van der Waals surface area contributed by atoms with Crippen LogP contribution in [-0.2, 0) is 16.1 Å². The summed E-state index contributed by atoms with van der Waals surface area (Å²) in [5.41, 5.74) is 3.62. The predicted molar refractivity (Wildman–Crippen MR) is 124 cm³/mol. The maximum absolute atomic E-state index is 12.4. The van der Waals surface area contributed by atoms with Gasteiger partial charge in [0.1, 0.15) is 17.7 Å². The van der Waals surface area contributed by atoms with Gasteiger partial charge in [-0.3, -0.25) is 0 Å². The van der Waals surface area contributed by atoms with Crippen molar-refractivity contribution in [1.29, 1.82) is 0 Å². The molecule has 2 aromatic carbocycles. The van der Waals surface area contributed by atoms with Crippen molar-refractivity contribution in [1.82, 2.24) is 4.98 Å². The van der Waals surface area contributed by atoms with Crippen LogP contribution in [0, 0.1) is 20.8 Å². The molecular formula is C24H19Cl2NO5. The zero-order valence-electron chi connectivity index (χ0n) is 17.6. The van der Waals surface area contributed by atoms with E-state index in [4.69, 9.17) is 37.1 Å². The summed E-state index contributed by atoms with van der Waals surface area (Å²) < 4.78 is 16.3. The molecular weight excluding hydrogens is 453 g/mol. The first kappa shape index (κ1) is 22.1. The number of hydrogen-bond acceptors (Lipinski definition) is 6. The maximum atomic E-state index is 12.4. The Bertz CT molecular complexity index is 1430. The van der Waals surface area contributed by atoms with E-state index in [-0.39, 0.29) is 24.0 Å². The number of nitrogens with zero attached hydrogens (tertiary/aromatic N) is 1. The molecule has 0 aliphatic carbocycles. The smallest absolute Gasteiger partial charge is 0.344 e. The normalized spacial score (nSPS) is 11.2. The van der Waals surface area contributed by atoms with Crippen LogP contribution in [0.15, 0.2) is 45.6 Å². The highest BCUT2D eigenvalue weighted by Gasteiger charge is 2.16. The lowest BCUT2D eigenvalue weighted by Gasteiger charge is -2.13. The fourth-order valence-electron chi connectivity index (χ4n) is 3.40. The number of rotatable bonds is 5. The van der Waals surface area contributed by atoms with Gasteiger partial charge in [-0.15, -0.1) is 0 Å². The zero-order chi connectivity index (χ0) is 23.0. The molecule has 0 aliphatic heterocycles. The first-order chi connectivity index (χ1) is 15.2. The molecule has 0 atom stereocenters. The number of benzene rings is 2. The highest BCUT2D eigenvalue weighted by Crippen LogP contribution is 2.37. The highest BCUT2D eigenvalue weighted by molar-refractivity contribution is 6.39. The van der Waals surface area contributed by atoms with Gasteiger partial charge in [0.25, 0.3) is 0 Å². The average Bonchev–Trinajstić information content (AvgIpc) is 2.74. The van der Waals surface area contributed by atoms with E-state index in [0.29, 0.717) is 32.5 Å². The van der Waals surface area contributed by atoms with E-state index in [0.717, 1.165) is 16.8 Å². The van der Waals surface area contributed by atoms with E-state index in [1.54, 1.807) is 6.07 Å². The summed E-state index contributed by atoms with van der Waals surface area (Å²) in [7, 11) is 0. The number of ether oxygens (including phenoxy) is 2. The van der Waals surface area contributed by atoms with Crippen LogP contribution in [0.5, 0.6) is 5.75 Å². The van der Waals surface area contributed by atoms with E-state index < -0.39 is 11.6 Å². The second-order valence-corrected chi connectivity index (χ2v) is 8.26. The van der Waals surface area contributed by atoms with Crippen molar-refractivity contribution in [2.24, 2.45) is 0 Å². The van der Waals surface area contributed by atoms with E-state index in [1.165, 1.54) is 6.07 Å². The largest absolute Gasteiger partial charge is 0.478 e. The second-order valence-electron chi connectivity index (χ2n) is 7.44. The first-order valence-electron chi connectivity index (χ1n) is 9.81. The fraction of sp³-hybridized carbons (Fsp3) is 0.208. The molecule has 32 heavy (non-hydrogen) atoms. The summed E-state index contributed by atoms with van der Waals surface area (Å²) in [4.78, 5) is 28.8. The summed E-state index contributed by atoms with van der Waals surface area (Å²) in [6, 6.07) is 10.3. The van der Waals surface area contributed by atoms with Gasteiger partial charge in [-0.05, 0) is 50.1 Å². The minimum absolute atomic E-state index is 0.0980. The van der Waals surface area contributed by atoms with Crippen LogP contribution in [0.2, 0.25) is 10.0 Å². The Morgan fingerprint density at radius 2 is 1.78 bits per heavy atom. The topological polar surface area (TPSA) is 78.6 Å². The molecule has 164 valence electrons. The molecule has 0 N–H and O–H groups in total. The third-order valence-corrected chi connectivity index (χ3v) is 5.81. The molecule has 0 saturated heterocycles. The number of esters is 1. The van der Waals surface area contributed by atoms with Crippen molar-refractivity contribution in [3.63, 3.8) is 0 Å². The van der Waals surface area contributed by atoms with E-state index >= 15 is 0 Å². The lowest BCUT2D eigenvalue weighted by atomic mass is 10.0. The zero-order valence-corrected chi connectivity index (χ0v) is 19.1. The molecule has 2 heterocycles. The standard InChI is InChI=1S/C24H19Cl2NO5/c1-12-4-6-16-15(8-20(28)32-23(16)14(12)3)10-30-21(29)11-31-24-19(26)9-18(25)17-7-5-13(2)27-22(17)24/h4-9H,10-11H2,1-3H3. The molecule has 0 bridgehead atoms. The number of halogens is 2. The Hall–Kier alpha value is -3.09. The van der Waals surface area contributed by atoms with Crippen LogP contribution in [0.3, 0.4) is 0 Å². The van der Waals surface area contributed by atoms with Crippen LogP contribution in [-0.4, -0.2) is 17.6 Å². The summed E-state index contributed by atoms with van der Waals surface area (Å²) in [5.74, 6) is -0.370. The van der Waals surface area contributed by atoms with Gasteiger partial charge in [0.15, 0.2) is 12.4 Å². The van der Waals surface area contributed by atoms with Crippen LogP contribution in [0.4, 0.5) is 0 Å². The third-order valence-electron chi connectivity index (χ3n) is 5.22. The second kappa shape index (κ2) is 8.81. The first-order valence-corrected chi connectivity index (χ1v) is 10.6. The molecule has 2 aromatic heterocycles. The van der Waals surface area contributed by atoms with Gasteiger partial charge >= 0.3 is 11.6 Å². The number of carbonyl (C=O) groups excluding carboxylic acids is 1. The number of fused-ring (bicyclic) bond motifs is 2. The minimum Gasteiger partial charge on any atom is -0.478 e. The number of aromatic nitrogens is 1. The van der Waals surface area contributed by atoms with Gasteiger partial charge in [0.2, 0.25) is 0 Å². The Morgan fingerprint density at radius 3 is 2.56 bits per heavy atom. The van der Waals surface area contributed by atoms with Gasteiger partial charge in [-0.25, -0.2) is 14.6 Å². The maximum Gasteiger partial charge on any atom is 0.344 e. The number of pyridine rings is 1. The van der Waals surface area contributed by atoms with Gasteiger partial charge in [0, 0.05) is 28.1 Å². The van der Waals surface area contributed by atoms with Crippen molar-refractivity contribution in [3.8, 4) is 5.75 Å². The van der Waals surface area contributed by atoms with Crippen molar-refractivity contribution in [3.05, 3.63) is 79.2 Å². The monoisotopic (exact) mass is 471 g/mol. The van der Waals surface area contributed by atoms with Crippen LogP contribution in [0.25, 0.3) is 21.9 Å². The fourth-order valence-corrected chi connectivity index (χ4v) is 3.97. The minimum atomic E-state index is -0.623. The van der Waals surface area contributed by atoms with E-state index in [1.807, 2.05) is 45.0 Å². The van der Waals surface area contributed by atoms with Gasteiger partial charge in [-0.2, -0.15) is 0 Å². The summed E-state index contributed by atoms with van der Waals surface area (Å²) in [6.07, 6.45) is 0. The molecule has 0 amide bonds. The average molecular weight is 472 g/mol. The number of carbonyl (C=O) groups is 1. The van der Waals surface area contributed by atoms with Gasteiger partial charge < -0.3 is 13.9 Å². The number of hydrogen-bond donors (Lipinski definition) is 0. The molecule has 4 rings (SSSR count). The lowest BCUT2D eigenvalue weighted by Crippen LogP contribution is -2.16. The molecule has 4 aromatic rings. The quantitative estimate of drug-likeness (QED) is 0.274. The Kier molecular flexibility index (Phi) is 6.09.